The van der Waals surface area contributed by atoms with Gasteiger partial charge in [-0.3, -0.25) is 9.59 Å². The fourth-order valence-electron chi connectivity index (χ4n) is 5.63. The molecule has 2 aliphatic heterocycles. The van der Waals surface area contributed by atoms with Gasteiger partial charge in [-0.1, -0.05) is 11.3 Å². The van der Waals surface area contributed by atoms with E-state index >= 15 is 0 Å². The van der Waals surface area contributed by atoms with E-state index in [4.69, 9.17) is 0 Å². The molecule has 0 unspecified atom stereocenters. The van der Waals surface area contributed by atoms with Gasteiger partial charge in [0.25, 0.3) is 11.8 Å². The number of amides is 2. The summed E-state index contributed by atoms with van der Waals surface area (Å²) in [6, 6.07) is 15.6. The maximum atomic E-state index is 13.5. The van der Waals surface area contributed by atoms with Crippen molar-refractivity contribution in [3.05, 3.63) is 95.3 Å². The Bertz CT molecular complexity index is 1610. The normalized spacial score (nSPS) is 15.0. The first-order chi connectivity index (χ1) is 20.9. The Morgan fingerprint density at radius 1 is 0.814 bits per heavy atom. The van der Waals surface area contributed by atoms with Crippen molar-refractivity contribution in [3.63, 3.8) is 0 Å². The predicted octanol–water partition coefficient (Wildman–Crippen LogP) is 5.64. The Morgan fingerprint density at radius 2 is 1.56 bits per heavy atom. The summed E-state index contributed by atoms with van der Waals surface area (Å²) < 4.78 is 28.7. The molecule has 1 aromatic heterocycles. The molecule has 0 radical (unpaired) electrons. The highest BCUT2D eigenvalue weighted by molar-refractivity contribution is 6.04. The van der Waals surface area contributed by atoms with E-state index in [1.54, 1.807) is 35.1 Å². The SMILES string of the molecule is O=C(Nc1cccc(-n2cc(CNc3ccc(N4CCCCC4)c(C(=O)N4CCCC4)c3)nn2)c1)c1cc(F)cc(F)c1. The second-order valence-corrected chi connectivity index (χ2v) is 10.9. The number of likely N-dealkylation sites (tertiary alicyclic amines) is 1. The van der Waals surface area contributed by atoms with Crippen LogP contribution in [0.3, 0.4) is 0 Å². The molecule has 11 heteroatoms. The number of piperidine rings is 1. The van der Waals surface area contributed by atoms with Gasteiger partial charge in [0.1, 0.15) is 17.3 Å². The average molecular weight is 586 g/mol. The number of nitrogens with zero attached hydrogens (tertiary/aromatic N) is 5. The van der Waals surface area contributed by atoms with E-state index in [-0.39, 0.29) is 11.5 Å². The van der Waals surface area contributed by atoms with E-state index in [1.165, 1.54) is 6.42 Å². The van der Waals surface area contributed by atoms with Gasteiger partial charge in [-0.15, -0.1) is 5.10 Å². The molecule has 2 amide bonds. The Morgan fingerprint density at radius 3 is 2.33 bits per heavy atom. The third kappa shape index (κ3) is 6.66. The molecule has 0 saturated carbocycles. The van der Waals surface area contributed by atoms with Crippen molar-refractivity contribution in [2.75, 3.05) is 41.7 Å². The van der Waals surface area contributed by atoms with Gasteiger partial charge in [0.05, 0.1) is 24.0 Å². The van der Waals surface area contributed by atoms with Gasteiger partial charge in [0.2, 0.25) is 0 Å². The van der Waals surface area contributed by atoms with E-state index in [1.807, 2.05) is 23.1 Å². The number of carbonyl (C=O) groups is 2. The molecule has 3 heterocycles. The van der Waals surface area contributed by atoms with Gasteiger partial charge < -0.3 is 20.4 Å². The fourth-order valence-corrected chi connectivity index (χ4v) is 5.63. The summed E-state index contributed by atoms with van der Waals surface area (Å²) in [5.41, 5.74) is 4.21. The molecule has 2 saturated heterocycles. The standard InChI is InChI=1S/C32H33F2N7O2/c33-23-15-22(16-24(34)17-23)31(42)36-26-7-6-8-28(18-26)41-21-27(37-38-41)20-35-25-9-10-30(39-11-2-1-3-12-39)29(19-25)32(43)40-13-4-5-14-40/h6-10,15-19,21,35H,1-5,11-14,20H2,(H,36,42). The highest BCUT2D eigenvalue weighted by Crippen LogP contribution is 2.29. The molecule has 2 aliphatic rings. The first-order valence-electron chi connectivity index (χ1n) is 14.6. The van der Waals surface area contributed by atoms with E-state index in [9.17, 15) is 18.4 Å². The fraction of sp³-hybridized carbons (Fsp3) is 0.312. The summed E-state index contributed by atoms with van der Waals surface area (Å²) >= 11 is 0. The molecule has 2 fully saturated rings. The van der Waals surface area contributed by atoms with E-state index < -0.39 is 17.5 Å². The topological polar surface area (TPSA) is 95.4 Å². The lowest BCUT2D eigenvalue weighted by Gasteiger charge is -2.31. The number of rotatable bonds is 8. The lowest BCUT2D eigenvalue weighted by Crippen LogP contribution is -2.34. The first kappa shape index (κ1) is 28.3. The summed E-state index contributed by atoms with van der Waals surface area (Å²) in [4.78, 5) is 30.3. The summed E-state index contributed by atoms with van der Waals surface area (Å²) in [5.74, 6) is -2.19. The van der Waals surface area contributed by atoms with Crippen molar-refractivity contribution in [3.8, 4) is 5.69 Å². The number of halogens is 2. The monoisotopic (exact) mass is 585 g/mol. The van der Waals surface area contributed by atoms with Crippen molar-refractivity contribution in [2.24, 2.45) is 0 Å². The van der Waals surface area contributed by atoms with Crippen molar-refractivity contribution in [1.29, 1.82) is 0 Å². The molecule has 0 bridgehead atoms. The number of benzene rings is 3. The lowest BCUT2D eigenvalue weighted by molar-refractivity contribution is 0.0793. The largest absolute Gasteiger partial charge is 0.379 e. The summed E-state index contributed by atoms with van der Waals surface area (Å²) in [6.45, 7) is 3.91. The van der Waals surface area contributed by atoms with Crippen LogP contribution in [0.25, 0.3) is 5.69 Å². The highest BCUT2D eigenvalue weighted by atomic mass is 19.1. The number of aromatic nitrogens is 3. The molecule has 2 N–H and O–H groups in total. The van der Waals surface area contributed by atoms with Gasteiger partial charge in [0.15, 0.2) is 0 Å². The van der Waals surface area contributed by atoms with Gasteiger partial charge >= 0.3 is 0 Å². The molecule has 0 spiro atoms. The van der Waals surface area contributed by atoms with Gasteiger partial charge in [0, 0.05) is 54.9 Å². The van der Waals surface area contributed by atoms with Crippen LogP contribution in [0.5, 0.6) is 0 Å². The lowest BCUT2D eigenvalue weighted by atomic mass is 10.1. The highest BCUT2D eigenvalue weighted by Gasteiger charge is 2.25. The van der Waals surface area contributed by atoms with Crippen LogP contribution >= 0.6 is 0 Å². The number of hydrogen-bond acceptors (Lipinski definition) is 6. The minimum absolute atomic E-state index is 0.0853. The molecule has 4 aromatic rings. The first-order valence-corrected chi connectivity index (χ1v) is 14.6. The zero-order valence-corrected chi connectivity index (χ0v) is 23.7. The van der Waals surface area contributed by atoms with Crippen LogP contribution in [0.2, 0.25) is 0 Å². The van der Waals surface area contributed by atoms with Crippen LogP contribution in [0.4, 0.5) is 25.8 Å². The van der Waals surface area contributed by atoms with Gasteiger partial charge in [-0.25, -0.2) is 13.5 Å². The molecule has 9 nitrogen and oxygen atoms in total. The van der Waals surface area contributed by atoms with Crippen LogP contribution in [-0.4, -0.2) is 57.9 Å². The number of nitrogens with one attached hydrogen (secondary N) is 2. The maximum Gasteiger partial charge on any atom is 0.256 e. The van der Waals surface area contributed by atoms with E-state index in [0.29, 0.717) is 29.7 Å². The van der Waals surface area contributed by atoms with Crippen molar-refractivity contribution >= 4 is 28.9 Å². The molecular weight excluding hydrogens is 552 g/mol. The van der Waals surface area contributed by atoms with Gasteiger partial charge in [-0.2, -0.15) is 0 Å². The number of carbonyl (C=O) groups excluding carboxylic acids is 2. The minimum atomic E-state index is -0.824. The second-order valence-electron chi connectivity index (χ2n) is 10.9. The Balaban J connectivity index is 1.14. The smallest absolute Gasteiger partial charge is 0.256 e. The maximum absolute atomic E-state index is 13.5. The van der Waals surface area contributed by atoms with Gasteiger partial charge in [-0.05, 0) is 80.6 Å². The quantitative estimate of drug-likeness (QED) is 0.278. The average Bonchev–Trinajstić information content (AvgIpc) is 3.73. The predicted molar refractivity (Wildman–Crippen MR) is 161 cm³/mol. The Kier molecular flexibility index (Phi) is 8.30. The van der Waals surface area contributed by atoms with Crippen LogP contribution in [0, 0.1) is 11.6 Å². The second kappa shape index (κ2) is 12.6. The number of hydrogen-bond donors (Lipinski definition) is 2. The molecule has 6 rings (SSSR count). The summed E-state index contributed by atoms with van der Waals surface area (Å²) in [6.07, 6.45) is 7.35. The molecule has 43 heavy (non-hydrogen) atoms. The van der Waals surface area contributed by atoms with Crippen LogP contribution in [-0.2, 0) is 6.54 Å². The van der Waals surface area contributed by atoms with E-state index in [2.05, 4.69) is 25.8 Å². The molecule has 0 atom stereocenters. The molecule has 222 valence electrons. The van der Waals surface area contributed by atoms with Crippen molar-refractivity contribution in [2.45, 2.75) is 38.6 Å². The van der Waals surface area contributed by atoms with Crippen LogP contribution < -0.4 is 15.5 Å². The third-order valence-electron chi connectivity index (χ3n) is 7.82. The minimum Gasteiger partial charge on any atom is -0.379 e. The van der Waals surface area contributed by atoms with Crippen LogP contribution in [0.1, 0.15) is 58.5 Å². The molecule has 0 aliphatic carbocycles. The summed E-state index contributed by atoms with van der Waals surface area (Å²) in [7, 11) is 0. The zero-order chi connectivity index (χ0) is 29.8. The van der Waals surface area contributed by atoms with Crippen molar-refractivity contribution < 1.29 is 18.4 Å². The molecule has 3 aromatic carbocycles. The van der Waals surface area contributed by atoms with E-state index in [0.717, 1.165) is 80.9 Å². The van der Waals surface area contributed by atoms with Crippen molar-refractivity contribution in [1.82, 2.24) is 19.9 Å². The Hall–Kier alpha value is -4.80. The van der Waals surface area contributed by atoms with Crippen LogP contribution in [0.15, 0.2) is 66.9 Å². The third-order valence-corrected chi connectivity index (χ3v) is 7.82. The Labute approximate surface area is 248 Å². The zero-order valence-electron chi connectivity index (χ0n) is 23.7. The summed E-state index contributed by atoms with van der Waals surface area (Å²) in [5, 5.41) is 14.5. The molecular formula is C32H33F2N7O2. The number of anilines is 3.